The molecule has 0 aliphatic rings. The van der Waals surface area contributed by atoms with E-state index in [2.05, 4.69) is 15.5 Å². The number of nitrogens with one attached hydrogen (secondary N) is 1. The summed E-state index contributed by atoms with van der Waals surface area (Å²) >= 11 is 0. The number of amides is 1. The van der Waals surface area contributed by atoms with Gasteiger partial charge in [0.1, 0.15) is 0 Å². The van der Waals surface area contributed by atoms with Crippen LogP contribution in [0, 0.1) is 6.92 Å². The average Bonchev–Trinajstić information content (AvgIpc) is 3.21. The molecule has 0 aliphatic heterocycles. The number of rotatable bonds is 6. The average molecular weight is 339 g/mol. The Morgan fingerprint density at radius 3 is 2.68 bits per heavy atom. The molecular weight excluding hydrogens is 318 g/mol. The Morgan fingerprint density at radius 1 is 1.24 bits per heavy atom. The lowest BCUT2D eigenvalue weighted by molar-refractivity contribution is -0.118. The van der Waals surface area contributed by atoms with E-state index in [1.165, 1.54) is 0 Å². The first-order valence-electron chi connectivity index (χ1n) is 8.11. The summed E-state index contributed by atoms with van der Waals surface area (Å²) < 4.78 is 9.07. The van der Waals surface area contributed by atoms with Crippen LogP contribution in [0.1, 0.15) is 25.5 Å². The Hall–Kier alpha value is -3.09. The number of para-hydroxylation sites is 1. The van der Waals surface area contributed by atoms with Crippen molar-refractivity contribution in [2.45, 2.75) is 26.8 Å². The van der Waals surface area contributed by atoms with Gasteiger partial charge in [0.2, 0.25) is 5.88 Å². The molecular formula is C18H21N5O2. The molecule has 0 unspecified atom stereocenters. The molecule has 2 heterocycles. The lowest BCUT2D eigenvalue weighted by atomic mass is 10.3. The Labute approximate surface area is 146 Å². The first-order chi connectivity index (χ1) is 12.0. The fraction of sp³-hybridized carbons (Fsp3) is 0.278. The van der Waals surface area contributed by atoms with Crippen LogP contribution in [-0.2, 0) is 4.79 Å². The molecule has 7 nitrogen and oxygen atoms in total. The van der Waals surface area contributed by atoms with Gasteiger partial charge in [-0.15, -0.1) is 5.10 Å². The fourth-order valence-corrected chi connectivity index (χ4v) is 2.32. The van der Waals surface area contributed by atoms with Crippen molar-refractivity contribution in [2.75, 3.05) is 11.9 Å². The number of nitrogens with zero attached hydrogens (tertiary/aromatic N) is 4. The maximum Gasteiger partial charge on any atom is 0.262 e. The highest BCUT2D eigenvalue weighted by atomic mass is 16.5. The first kappa shape index (κ1) is 16.8. The molecule has 2 aromatic heterocycles. The summed E-state index contributed by atoms with van der Waals surface area (Å²) in [6.45, 7) is 5.83. The van der Waals surface area contributed by atoms with Gasteiger partial charge in [0.05, 0.1) is 17.6 Å². The number of ether oxygens (including phenoxy) is 1. The molecule has 0 atom stereocenters. The van der Waals surface area contributed by atoms with Gasteiger partial charge in [0.25, 0.3) is 5.91 Å². The maximum atomic E-state index is 12.0. The quantitative estimate of drug-likeness (QED) is 0.749. The van der Waals surface area contributed by atoms with Gasteiger partial charge >= 0.3 is 0 Å². The highest BCUT2D eigenvalue weighted by Gasteiger charge is 2.11. The Bertz CT molecular complexity index is 851. The van der Waals surface area contributed by atoms with E-state index in [0.29, 0.717) is 11.6 Å². The zero-order valence-corrected chi connectivity index (χ0v) is 14.5. The molecule has 0 fully saturated rings. The zero-order valence-electron chi connectivity index (χ0n) is 14.5. The maximum absolute atomic E-state index is 12.0. The van der Waals surface area contributed by atoms with Crippen LogP contribution >= 0.6 is 0 Å². The molecule has 0 saturated carbocycles. The molecule has 1 aromatic carbocycles. The Morgan fingerprint density at radius 2 is 2.00 bits per heavy atom. The second-order valence-electron chi connectivity index (χ2n) is 6.04. The molecule has 0 spiro atoms. The van der Waals surface area contributed by atoms with E-state index >= 15 is 0 Å². The molecule has 3 aromatic rings. The largest absolute Gasteiger partial charge is 0.466 e. The monoisotopic (exact) mass is 339 g/mol. The number of benzene rings is 1. The van der Waals surface area contributed by atoms with Crippen molar-refractivity contribution in [3.8, 4) is 11.6 Å². The summed E-state index contributed by atoms with van der Waals surface area (Å²) in [7, 11) is 0. The van der Waals surface area contributed by atoms with Crippen molar-refractivity contribution in [2.24, 2.45) is 0 Å². The zero-order chi connectivity index (χ0) is 17.8. The smallest absolute Gasteiger partial charge is 0.262 e. The molecule has 1 N–H and O–H groups in total. The number of anilines is 1. The van der Waals surface area contributed by atoms with Gasteiger partial charge in [-0.3, -0.25) is 9.48 Å². The third-order valence-corrected chi connectivity index (χ3v) is 3.63. The second-order valence-corrected chi connectivity index (χ2v) is 6.04. The van der Waals surface area contributed by atoms with Gasteiger partial charge in [-0.05, 0) is 32.9 Å². The predicted molar refractivity (Wildman–Crippen MR) is 95.0 cm³/mol. The predicted octanol–water partition coefficient (Wildman–Crippen LogP) is 2.98. The molecule has 0 radical (unpaired) electrons. The van der Waals surface area contributed by atoms with E-state index in [4.69, 9.17) is 4.74 Å². The van der Waals surface area contributed by atoms with Crippen molar-refractivity contribution in [1.82, 2.24) is 19.6 Å². The number of hydrogen-bond acceptors (Lipinski definition) is 4. The molecule has 130 valence electrons. The van der Waals surface area contributed by atoms with Crippen LogP contribution in [-0.4, -0.2) is 32.1 Å². The number of carbonyl (C=O) groups excluding carboxylic acids is 1. The lowest BCUT2D eigenvalue weighted by Gasteiger charge is -2.05. The van der Waals surface area contributed by atoms with Crippen LogP contribution in [0.15, 0.2) is 48.9 Å². The fourth-order valence-electron chi connectivity index (χ4n) is 2.32. The van der Waals surface area contributed by atoms with E-state index in [1.54, 1.807) is 21.8 Å². The Kier molecular flexibility index (Phi) is 4.83. The second kappa shape index (κ2) is 7.21. The van der Waals surface area contributed by atoms with Crippen molar-refractivity contribution in [1.29, 1.82) is 0 Å². The number of aromatic nitrogens is 4. The molecule has 0 aliphatic carbocycles. The minimum atomic E-state index is -0.253. The van der Waals surface area contributed by atoms with E-state index in [9.17, 15) is 4.79 Å². The standard InChI is InChI=1S/C18H21N5O2/c1-13(2)22-11-15(9-19-22)20-17(24)12-25-18-14(3)10-23(21-18)16-7-5-4-6-8-16/h4-11,13H,12H2,1-3H3,(H,20,24). The molecule has 0 bridgehead atoms. The highest BCUT2D eigenvalue weighted by Crippen LogP contribution is 2.18. The van der Waals surface area contributed by atoms with Crippen LogP contribution < -0.4 is 10.1 Å². The highest BCUT2D eigenvalue weighted by molar-refractivity contribution is 5.91. The number of carbonyl (C=O) groups is 1. The van der Waals surface area contributed by atoms with Gasteiger partial charge in [-0.25, -0.2) is 4.68 Å². The van der Waals surface area contributed by atoms with Crippen molar-refractivity contribution < 1.29 is 9.53 Å². The van der Waals surface area contributed by atoms with Crippen LogP contribution in [0.2, 0.25) is 0 Å². The van der Waals surface area contributed by atoms with Gasteiger partial charge in [0, 0.05) is 24.0 Å². The van der Waals surface area contributed by atoms with Crippen LogP contribution in [0.25, 0.3) is 5.69 Å². The summed E-state index contributed by atoms with van der Waals surface area (Å²) in [5.41, 5.74) is 2.45. The van der Waals surface area contributed by atoms with E-state index in [1.807, 2.05) is 57.3 Å². The van der Waals surface area contributed by atoms with Crippen molar-refractivity contribution in [3.63, 3.8) is 0 Å². The summed E-state index contributed by atoms with van der Waals surface area (Å²) in [5.74, 6) is 0.189. The van der Waals surface area contributed by atoms with E-state index in [-0.39, 0.29) is 18.6 Å². The summed E-state index contributed by atoms with van der Waals surface area (Å²) in [4.78, 5) is 12.0. The molecule has 25 heavy (non-hydrogen) atoms. The van der Waals surface area contributed by atoms with Gasteiger partial charge in [-0.2, -0.15) is 5.10 Å². The third-order valence-electron chi connectivity index (χ3n) is 3.63. The minimum absolute atomic E-state index is 0.112. The van der Waals surface area contributed by atoms with E-state index < -0.39 is 0 Å². The van der Waals surface area contributed by atoms with Crippen LogP contribution in [0.3, 0.4) is 0 Å². The van der Waals surface area contributed by atoms with Crippen molar-refractivity contribution in [3.05, 3.63) is 54.5 Å². The van der Waals surface area contributed by atoms with Gasteiger partial charge in [-0.1, -0.05) is 18.2 Å². The third kappa shape index (κ3) is 4.06. The SMILES string of the molecule is Cc1cn(-c2ccccc2)nc1OCC(=O)Nc1cnn(C(C)C)c1. The molecule has 0 saturated heterocycles. The minimum Gasteiger partial charge on any atom is -0.466 e. The normalized spacial score (nSPS) is 10.9. The van der Waals surface area contributed by atoms with Crippen LogP contribution in [0.5, 0.6) is 5.88 Å². The molecule has 3 rings (SSSR count). The Balaban J connectivity index is 1.59. The number of aryl methyl sites for hydroxylation is 1. The van der Waals surface area contributed by atoms with Crippen LogP contribution in [0.4, 0.5) is 5.69 Å². The van der Waals surface area contributed by atoms with E-state index in [0.717, 1.165) is 11.3 Å². The van der Waals surface area contributed by atoms with Gasteiger partial charge < -0.3 is 10.1 Å². The topological polar surface area (TPSA) is 74.0 Å². The van der Waals surface area contributed by atoms with Gasteiger partial charge in [0.15, 0.2) is 6.61 Å². The summed E-state index contributed by atoms with van der Waals surface area (Å²) in [6.07, 6.45) is 5.28. The molecule has 1 amide bonds. The van der Waals surface area contributed by atoms with Crippen molar-refractivity contribution >= 4 is 11.6 Å². The molecule has 7 heteroatoms. The summed E-state index contributed by atoms with van der Waals surface area (Å²) in [5, 5.41) is 11.3. The lowest BCUT2D eigenvalue weighted by Crippen LogP contribution is -2.20. The summed E-state index contributed by atoms with van der Waals surface area (Å²) in [6, 6.07) is 9.98. The number of hydrogen-bond donors (Lipinski definition) is 1. The first-order valence-corrected chi connectivity index (χ1v) is 8.11.